The molecule has 1 aliphatic heterocycles. The van der Waals surface area contributed by atoms with Crippen LogP contribution in [0.4, 0.5) is 0 Å². The highest BCUT2D eigenvalue weighted by atomic mass is 32.1. The molecule has 2 nitrogen and oxygen atoms in total. The molecule has 0 amide bonds. The van der Waals surface area contributed by atoms with E-state index in [1.165, 1.54) is 10.4 Å². The monoisotopic (exact) mass is 259 g/mol. The highest BCUT2D eigenvalue weighted by molar-refractivity contribution is 7.09. The maximum atomic E-state index is 6.04. The molecular formula is C15H17NOS. The lowest BCUT2D eigenvalue weighted by molar-refractivity contribution is 0.127. The molecule has 1 aromatic heterocycles. The van der Waals surface area contributed by atoms with Crippen LogP contribution >= 0.6 is 11.3 Å². The lowest BCUT2D eigenvalue weighted by Gasteiger charge is -2.36. The molecule has 2 N–H and O–H groups in total. The van der Waals surface area contributed by atoms with Crippen LogP contribution in [0.5, 0.6) is 5.75 Å². The highest BCUT2D eigenvalue weighted by Crippen LogP contribution is 2.36. The minimum absolute atomic E-state index is 0.0548. The van der Waals surface area contributed by atoms with Gasteiger partial charge >= 0.3 is 0 Å². The van der Waals surface area contributed by atoms with E-state index in [9.17, 15) is 0 Å². The molecule has 2 aromatic rings. The van der Waals surface area contributed by atoms with Crippen molar-refractivity contribution in [2.24, 2.45) is 11.1 Å². The molecule has 3 heteroatoms. The Morgan fingerprint density at radius 1 is 1.22 bits per heavy atom. The van der Waals surface area contributed by atoms with Crippen molar-refractivity contribution in [3.8, 4) is 5.75 Å². The van der Waals surface area contributed by atoms with Crippen LogP contribution in [0.2, 0.25) is 0 Å². The lowest BCUT2D eigenvalue weighted by Crippen LogP contribution is -2.42. The van der Waals surface area contributed by atoms with Crippen LogP contribution in [0.15, 0.2) is 41.8 Å². The van der Waals surface area contributed by atoms with Crippen LogP contribution in [0.25, 0.3) is 0 Å². The summed E-state index contributed by atoms with van der Waals surface area (Å²) < 4.78 is 5.90. The normalized spacial score (nSPS) is 22.3. The third-order valence-corrected chi connectivity index (χ3v) is 4.51. The summed E-state index contributed by atoms with van der Waals surface area (Å²) in [5.41, 5.74) is 7.37. The maximum Gasteiger partial charge on any atom is 0.122 e. The Bertz CT molecular complexity index is 523. The molecule has 3 rings (SSSR count). The summed E-state index contributed by atoms with van der Waals surface area (Å²) in [7, 11) is 0. The van der Waals surface area contributed by atoms with Gasteiger partial charge in [0.2, 0.25) is 0 Å². The first-order valence-corrected chi connectivity index (χ1v) is 7.12. The van der Waals surface area contributed by atoms with Gasteiger partial charge in [-0.05, 0) is 35.9 Å². The Morgan fingerprint density at radius 3 is 2.89 bits per heavy atom. The highest BCUT2D eigenvalue weighted by Gasteiger charge is 2.35. The molecule has 2 heterocycles. The van der Waals surface area contributed by atoms with Crippen molar-refractivity contribution in [3.63, 3.8) is 0 Å². The number of benzene rings is 1. The van der Waals surface area contributed by atoms with Gasteiger partial charge in [-0.2, -0.15) is 0 Å². The molecule has 1 atom stereocenters. The van der Waals surface area contributed by atoms with Crippen LogP contribution in [0, 0.1) is 5.41 Å². The fraction of sp³-hybridized carbons (Fsp3) is 0.333. The van der Waals surface area contributed by atoms with E-state index in [1.807, 2.05) is 12.1 Å². The Hall–Kier alpha value is -1.32. The van der Waals surface area contributed by atoms with Gasteiger partial charge in [-0.25, -0.2) is 0 Å². The van der Waals surface area contributed by atoms with E-state index in [0.29, 0.717) is 6.54 Å². The fourth-order valence-electron chi connectivity index (χ4n) is 2.58. The molecular weight excluding hydrogens is 242 g/mol. The van der Waals surface area contributed by atoms with Crippen LogP contribution in [0.1, 0.15) is 10.4 Å². The molecule has 0 saturated heterocycles. The Labute approximate surface area is 111 Å². The molecule has 0 radical (unpaired) electrons. The maximum absolute atomic E-state index is 6.04. The van der Waals surface area contributed by atoms with Crippen molar-refractivity contribution < 1.29 is 4.74 Å². The van der Waals surface area contributed by atoms with Crippen molar-refractivity contribution in [2.75, 3.05) is 13.2 Å². The number of rotatable bonds is 3. The molecule has 0 bridgehead atoms. The summed E-state index contributed by atoms with van der Waals surface area (Å²) in [6, 6.07) is 12.6. The molecule has 18 heavy (non-hydrogen) atoms. The first kappa shape index (κ1) is 11.8. The molecule has 0 spiro atoms. The van der Waals surface area contributed by atoms with Gasteiger partial charge in [-0.15, -0.1) is 11.3 Å². The largest absolute Gasteiger partial charge is 0.493 e. The Kier molecular flexibility index (Phi) is 3.10. The smallest absolute Gasteiger partial charge is 0.122 e. The fourth-order valence-corrected chi connectivity index (χ4v) is 3.45. The Morgan fingerprint density at radius 2 is 2.11 bits per heavy atom. The van der Waals surface area contributed by atoms with E-state index in [2.05, 4.69) is 29.6 Å². The molecule has 0 fully saturated rings. The van der Waals surface area contributed by atoms with Crippen molar-refractivity contribution >= 4 is 11.3 Å². The van der Waals surface area contributed by atoms with Crippen LogP contribution in [0.3, 0.4) is 0 Å². The van der Waals surface area contributed by atoms with E-state index in [1.54, 1.807) is 11.3 Å². The van der Waals surface area contributed by atoms with E-state index in [-0.39, 0.29) is 5.41 Å². The number of fused-ring (bicyclic) bond motifs is 1. The minimum atomic E-state index is 0.0548. The number of hydrogen-bond donors (Lipinski definition) is 1. The summed E-state index contributed by atoms with van der Waals surface area (Å²) in [6.45, 7) is 1.39. The molecule has 94 valence electrons. The minimum Gasteiger partial charge on any atom is -0.493 e. The molecule has 0 saturated carbocycles. The summed E-state index contributed by atoms with van der Waals surface area (Å²) >= 11 is 1.80. The number of para-hydroxylation sites is 1. The Balaban J connectivity index is 1.86. The molecule has 0 aliphatic carbocycles. The van der Waals surface area contributed by atoms with Crippen molar-refractivity contribution in [2.45, 2.75) is 12.8 Å². The van der Waals surface area contributed by atoms with Gasteiger partial charge in [-0.3, -0.25) is 0 Å². The number of hydrogen-bond acceptors (Lipinski definition) is 3. The summed E-state index contributed by atoms with van der Waals surface area (Å²) in [5, 5.41) is 2.12. The van der Waals surface area contributed by atoms with Crippen molar-refractivity contribution in [1.82, 2.24) is 0 Å². The van der Waals surface area contributed by atoms with Crippen molar-refractivity contribution in [1.29, 1.82) is 0 Å². The van der Waals surface area contributed by atoms with Crippen molar-refractivity contribution in [3.05, 3.63) is 52.2 Å². The van der Waals surface area contributed by atoms with Gasteiger partial charge in [0, 0.05) is 16.8 Å². The molecule has 1 aliphatic rings. The topological polar surface area (TPSA) is 35.2 Å². The van der Waals surface area contributed by atoms with E-state index < -0.39 is 0 Å². The van der Waals surface area contributed by atoms with Gasteiger partial charge in [0.15, 0.2) is 0 Å². The second-order valence-corrected chi connectivity index (χ2v) is 6.07. The number of ether oxygens (including phenoxy) is 1. The van der Waals surface area contributed by atoms with Gasteiger partial charge in [0.05, 0.1) is 6.61 Å². The van der Waals surface area contributed by atoms with Gasteiger partial charge in [0.1, 0.15) is 5.75 Å². The second-order valence-electron chi connectivity index (χ2n) is 5.03. The molecule has 1 unspecified atom stereocenters. The third kappa shape index (κ3) is 2.16. The van der Waals surface area contributed by atoms with Gasteiger partial charge < -0.3 is 10.5 Å². The summed E-state index contributed by atoms with van der Waals surface area (Å²) in [4.78, 5) is 1.39. The van der Waals surface area contributed by atoms with Crippen LogP contribution in [-0.4, -0.2) is 13.2 Å². The molecule has 1 aromatic carbocycles. The zero-order valence-corrected chi connectivity index (χ0v) is 11.1. The average molecular weight is 259 g/mol. The SMILES string of the molecule is NCC1(Cc2cccs2)COc2ccccc2C1. The van der Waals surface area contributed by atoms with E-state index in [0.717, 1.165) is 25.2 Å². The van der Waals surface area contributed by atoms with E-state index >= 15 is 0 Å². The third-order valence-electron chi connectivity index (χ3n) is 3.63. The first-order valence-electron chi connectivity index (χ1n) is 6.24. The van der Waals surface area contributed by atoms with Crippen LogP contribution in [-0.2, 0) is 12.8 Å². The zero-order valence-electron chi connectivity index (χ0n) is 10.3. The zero-order chi connectivity index (χ0) is 12.4. The quantitative estimate of drug-likeness (QED) is 0.920. The second kappa shape index (κ2) is 4.75. The standard InChI is InChI=1S/C15H17NOS/c16-10-15(9-13-5-3-7-18-13)8-12-4-1-2-6-14(12)17-11-15/h1-7H,8-11,16H2. The number of thiophene rings is 1. The lowest BCUT2D eigenvalue weighted by atomic mass is 9.77. The summed E-state index contributed by atoms with van der Waals surface area (Å²) in [5.74, 6) is 1.02. The predicted octanol–water partition coefficient (Wildman–Crippen LogP) is 2.87. The predicted molar refractivity (Wildman–Crippen MR) is 75.2 cm³/mol. The van der Waals surface area contributed by atoms with Gasteiger partial charge in [0.25, 0.3) is 0 Å². The summed E-state index contributed by atoms with van der Waals surface area (Å²) in [6.07, 6.45) is 2.02. The van der Waals surface area contributed by atoms with Gasteiger partial charge in [-0.1, -0.05) is 24.3 Å². The first-order chi connectivity index (χ1) is 8.81. The van der Waals surface area contributed by atoms with Crippen LogP contribution < -0.4 is 10.5 Å². The average Bonchev–Trinajstić information content (AvgIpc) is 2.91. The number of nitrogens with two attached hydrogens (primary N) is 1. The van der Waals surface area contributed by atoms with E-state index in [4.69, 9.17) is 10.5 Å².